The van der Waals surface area contributed by atoms with E-state index in [0.29, 0.717) is 41.8 Å². The molecule has 29 heavy (non-hydrogen) atoms. The van der Waals surface area contributed by atoms with Gasteiger partial charge in [0.2, 0.25) is 5.91 Å². The number of rotatable bonds is 4. The second kappa shape index (κ2) is 7.56. The van der Waals surface area contributed by atoms with Crippen molar-refractivity contribution < 1.29 is 9.59 Å². The first-order valence-corrected chi connectivity index (χ1v) is 12.0. The van der Waals surface area contributed by atoms with E-state index >= 15 is 0 Å². The van der Waals surface area contributed by atoms with Crippen LogP contribution in [0.25, 0.3) is 0 Å². The van der Waals surface area contributed by atoms with E-state index in [1.807, 2.05) is 4.90 Å². The molecule has 1 aromatic carbocycles. The van der Waals surface area contributed by atoms with Crippen LogP contribution < -0.4 is 0 Å². The molecule has 0 spiro atoms. The Hall–Kier alpha value is -1.64. The molecule has 156 valence electrons. The Morgan fingerprint density at radius 3 is 2.79 bits per heavy atom. The maximum absolute atomic E-state index is 13.1. The molecule has 1 heterocycles. The fourth-order valence-corrected chi connectivity index (χ4v) is 7.49. The van der Waals surface area contributed by atoms with Crippen LogP contribution in [-0.4, -0.2) is 29.7 Å². The lowest BCUT2D eigenvalue weighted by Gasteiger charge is -2.50. The molecular weight excluding hydrogens is 358 g/mol. The van der Waals surface area contributed by atoms with Crippen molar-refractivity contribution >= 4 is 11.7 Å². The van der Waals surface area contributed by atoms with E-state index in [-0.39, 0.29) is 5.41 Å². The second-order valence-corrected chi connectivity index (χ2v) is 10.4. The lowest BCUT2D eigenvalue weighted by molar-refractivity contribution is -0.130. The highest BCUT2D eigenvalue weighted by atomic mass is 16.2. The van der Waals surface area contributed by atoms with Gasteiger partial charge in [0.1, 0.15) is 5.78 Å². The number of hydrogen-bond donors (Lipinski definition) is 0. The highest BCUT2D eigenvalue weighted by Crippen LogP contribution is 2.62. The molecule has 1 amide bonds. The van der Waals surface area contributed by atoms with Gasteiger partial charge in [0, 0.05) is 31.3 Å². The molecule has 3 aliphatic carbocycles. The minimum Gasteiger partial charge on any atom is -0.343 e. The zero-order chi connectivity index (χ0) is 20.0. The zero-order valence-corrected chi connectivity index (χ0v) is 17.9. The fraction of sp³-hybridized carbons (Fsp3) is 0.692. The minimum atomic E-state index is -0.114. The average molecular weight is 394 g/mol. The number of benzene rings is 1. The molecule has 5 rings (SSSR count). The van der Waals surface area contributed by atoms with Gasteiger partial charge in [-0.2, -0.15) is 0 Å². The summed E-state index contributed by atoms with van der Waals surface area (Å²) in [6.45, 7) is 4.17. The van der Waals surface area contributed by atoms with E-state index in [9.17, 15) is 9.59 Å². The Bertz CT molecular complexity index is 796. The third kappa shape index (κ3) is 3.25. The summed E-state index contributed by atoms with van der Waals surface area (Å²) in [5.74, 6) is 3.13. The molecule has 3 heteroatoms. The van der Waals surface area contributed by atoms with Crippen LogP contribution in [0.15, 0.2) is 24.3 Å². The van der Waals surface area contributed by atoms with Crippen LogP contribution in [-0.2, 0) is 16.0 Å². The highest BCUT2D eigenvalue weighted by Gasteiger charge is 2.58. The number of carbonyl (C=O) groups excluding carboxylic acids is 2. The Balaban J connectivity index is 1.31. The van der Waals surface area contributed by atoms with Crippen molar-refractivity contribution in [1.82, 2.24) is 4.90 Å². The maximum atomic E-state index is 13.1. The number of hydrogen-bond acceptors (Lipinski definition) is 2. The van der Waals surface area contributed by atoms with Crippen LogP contribution >= 0.6 is 0 Å². The number of Topliss-reactive ketones (excluding diaryl/α,β-unsaturated/α-hetero) is 1. The third-order valence-corrected chi connectivity index (χ3v) is 8.91. The van der Waals surface area contributed by atoms with Crippen molar-refractivity contribution in [3.05, 3.63) is 35.4 Å². The Morgan fingerprint density at radius 1 is 1.17 bits per heavy atom. The van der Waals surface area contributed by atoms with Gasteiger partial charge in [-0.05, 0) is 86.2 Å². The molecule has 3 fully saturated rings. The maximum Gasteiger partial charge on any atom is 0.222 e. The van der Waals surface area contributed by atoms with Gasteiger partial charge < -0.3 is 4.90 Å². The van der Waals surface area contributed by atoms with Gasteiger partial charge in [0.25, 0.3) is 0 Å². The summed E-state index contributed by atoms with van der Waals surface area (Å²) in [4.78, 5) is 27.6. The summed E-state index contributed by atoms with van der Waals surface area (Å²) in [6.07, 6.45) is 10.4. The van der Waals surface area contributed by atoms with Gasteiger partial charge in [-0.15, -0.1) is 0 Å². The molecule has 1 saturated heterocycles. The number of ketones is 1. The minimum absolute atomic E-state index is 0.114. The van der Waals surface area contributed by atoms with Crippen molar-refractivity contribution in [3.8, 4) is 0 Å². The SMILES string of the molecule is C[C@]12CCC3c4ccccc4CCC3C1[C@H](CCCC(=O)N1CCCC1)CC2=O. The van der Waals surface area contributed by atoms with E-state index in [4.69, 9.17) is 0 Å². The predicted octanol–water partition coefficient (Wildman–Crippen LogP) is 5.13. The molecule has 2 saturated carbocycles. The number of amides is 1. The van der Waals surface area contributed by atoms with Gasteiger partial charge in [-0.1, -0.05) is 31.2 Å². The quantitative estimate of drug-likeness (QED) is 0.711. The van der Waals surface area contributed by atoms with Crippen LogP contribution in [0.1, 0.15) is 81.8 Å². The summed E-state index contributed by atoms with van der Waals surface area (Å²) in [5, 5.41) is 0. The van der Waals surface area contributed by atoms with Crippen molar-refractivity contribution in [2.24, 2.45) is 23.2 Å². The topological polar surface area (TPSA) is 37.4 Å². The van der Waals surface area contributed by atoms with Crippen LogP contribution in [0.2, 0.25) is 0 Å². The lowest BCUT2D eigenvalue weighted by Crippen LogP contribution is -2.44. The first-order valence-electron chi connectivity index (χ1n) is 12.0. The summed E-state index contributed by atoms with van der Waals surface area (Å²) >= 11 is 0. The van der Waals surface area contributed by atoms with Gasteiger partial charge in [-0.25, -0.2) is 0 Å². The number of fused-ring (bicyclic) bond motifs is 5. The summed E-state index contributed by atoms with van der Waals surface area (Å²) < 4.78 is 0. The number of nitrogens with zero attached hydrogens (tertiary/aromatic N) is 1. The van der Waals surface area contributed by atoms with Gasteiger partial charge in [-0.3, -0.25) is 9.59 Å². The number of likely N-dealkylation sites (tertiary alicyclic amines) is 1. The van der Waals surface area contributed by atoms with E-state index in [2.05, 4.69) is 31.2 Å². The van der Waals surface area contributed by atoms with E-state index in [1.165, 1.54) is 18.4 Å². The first kappa shape index (κ1) is 19.3. The van der Waals surface area contributed by atoms with Crippen LogP contribution in [0.3, 0.4) is 0 Å². The lowest BCUT2D eigenvalue weighted by atomic mass is 9.54. The van der Waals surface area contributed by atoms with Crippen LogP contribution in [0, 0.1) is 23.2 Å². The first-order chi connectivity index (χ1) is 14.1. The standard InChI is InChI=1S/C26H35NO2/c1-26-14-13-21-20-9-3-2-7-18(20)11-12-22(21)25(26)19(17-23(26)28)8-6-10-24(29)27-15-4-5-16-27/h2-3,7,9,19,21-22,25H,4-6,8,10-17H2,1H3/t19-,21?,22?,25?,26-/m1/s1. The zero-order valence-electron chi connectivity index (χ0n) is 17.9. The molecule has 1 aromatic rings. The third-order valence-electron chi connectivity index (χ3n) is 8.91. The molecule has 5 atom stereocenters. The summed E-state index contributed by atoms with van der Waals surface area (Å²) in [7, 11) is 0. The molecule has 0 aromatic heterocycles. The smallest absolute Gasteiger partial charge is 0.222 e. The van der Waals surface area contributed by atoms with E-state index < -0.39 is 0 Å². The van der Waals surface area contributed by atoms with Crippen molar-refractivity contribution in [2.75, 3.05) is 13.1 Å². The van der Waals surface area contributed by atoms with Crippen LogP contribution in [0.5, 0.6) is 0 Å². The molecular formula is C26H35NO2. The van der Waals surface area contributed by atoms with Gasteiger partial charge in [0.05, 0.1) is 0 Å². The Kier molecular flexibility index (Phi) is 5.04. The predicted molar refractivity (Wildman–Crippen MR) is 115 cm³/mol. The van der Waals surface area contributed by atoms with Gasteiger partial charge in [0.15, 0.2) is 0 Å². The number of aryl methyl sites for hydroxylation is 1. The molecule has 0 radical (unpaired) electrons. The monoisotopic (exact) mass is 393 g/mol. The fourth-order valence-electron chi connectivity index (χ4n) is 7.49. The molecule has 3 nitrogen and oxygen atoms in total. The van der Waals surface area contributed by atoms with E-state index in [0.717, 1.165) is 58.0 Å². The Labute approximate surface area is 175 Å². The van der Waals surface area contributed by atoms with Crippen molar-refractivity contribution in [3.63, 3.8) is 0 Å². The van der Waals surface area contributed by atoms with Crippen molar-refractivity contribution in [1.29, 1.82) is 0 Å². The highest BCUT2D eigenvalue weighted by molar-refractivity contribution is 5.87. The molecule has 0 N–H and O–H groups in total. The van der Waals surface area contributed by atoms with E-state index in [1.54, 1.807) is 5.56 Å². The second-order valence-electron chi connectivity index (χ2n) is 10.4. The van der Waals surface area contributed by atoms with Crippen molar-refractivity contribution in [2.45, 2.75) is 77.0 Å². The summed E-state index contributed by atoms with van der Waals surface area (Å²) in [6, 6.07) is 9.01. The Morgan fingerprint density at radius 2 is 1.97 bits per heavy atom. The molecule has 0 bridgehead atoms. The molecule has 4 aliphatic rings. The molecule has 1 aliphatic heterocycles. The normalized spacial score (nSPS) is 35.9. The van der Waals surface area contributed by atoms with Crippen LogP contribution in [0.4, 0.5) is 0 Å². The summed E-state index contributed by atoms with van der Waals surface area (Å²) in [5.41, 5.74) is 2.99. The van der Waals surface area contributed by atoms with Gasteiger partial charge >= 0.3 is 0 Å². The number of carbonyl (C=O) groups is 2. The largest absolute Gasteiger partial charge is 0.343 e. The molecule has 3 unspecified atom stereocenters. The average Bonchev–Trinajstić information content (AvgIpc) is 3.35.